The Morgan fingerprint density at radius 1 is 1.07 bits per heavy atom. The maximum absolute atomic E-state index is 13.7. The number of anilines is 1. The van der Waals surface area contributed by atoms with Gasteiger partial charge in [0.1, 0.15) is 41.3 Å². The molecule has 41 heavy (non-hydrogen) atoms. The van der Waals surface area contributed by atoms with E-state index in [2.05, 4.69) is 30.6 Å². The molecule has 5 rings (SSSR count). The molecule has 0 spiro atoms. The Balaban J connectivity index is 1.53. The van der Waals surface area contributed by atoms with Crippen LogP contribution in [-0.4, -0.2) is 50.7 Å². The van der Waals surface area contributed by atoms with Crippen molar-refractivity contribution in [3.63, 3.8) is 0 Å². The maximum atomic E-state index is 13.7. The molecule has 2 aromatic heterocycles. The molecule has 1 fully saturated rings. The van der Waals surface area contributed by atoms with E-state index in [1.807, 2.05) is 0 Å². The average molecular weight is 571 g/mol. The van der Waals surface area contributed by atoms with E-state index in [1.165, 1.54) is 18.5 Å². The van der Waals surface area contributed by atoms with Crippen LogP contribution in [0.3, 0.4) is 0 Å². The molecule has 1 saturated heterocycles. The van der Waals surface area contributed by atoms with Crippen LogP contribution >= 0.6 is 0 Å². The quantitative estimate of drug-likeness (QED) is 0.244. The number of halogens is 4. The van der Waals surface area contributed by atoms with Crippen molar-refractivity contribution in [3.8, 4) is 16.9 Å². The normalized spacial score (nSPS) is 15.8. The molecular formula is C28H26F4N6O3. The molecule has 1 atom stereocenters. The van der Waals surface area contributed by atoms with Crippen molar-refractivity contribution in [2.45, 2.75) is 32.0 Å². The lowest BCUT2D eigenvalue weighted by Crippen LogP contribution is -2.46. The van der Waals surface area contributed by atoms with Crippen LogP contribution in [0.1, 0.15) is 37.2 Å². The molecule has 1 aliphatic heterocycles. The van der Waals surface area contributed by atoms with Crippen molar-refractivity contribution in [1.82, 2.24) is 25.3 Å². The Bertz CT molecular complexity index is 1540. The number of carbonyl (C=O) groups is 1. The number of nitrogens with zero attached hydrogens (tertiary/aromatic N) is 4. The average Bonchev–Trinajstić information content (AvgIpc) is 2.96. The van der Waals surface area contributed by atoms with E-state index < -0.39 is 35.2 Å². The van der Waals surface area contributed by atoms with E-state index in [0.717, 1.165) is 12.4 Å². The summed E-state index contributed by atoms with van der Waals surface area (Å²) in [5.74, 6) is -1.91. The molecule has 13 heteroatoms. The van der Waals surface area contributed by atoms with Crippen LogP contribution in [0.25, 0.3) is 22.0 Å². The van der Waals surface area contributed by atoms with E-state index in [9.17, 15) is 27.5 Å². The summed E-state index contributed by atoms with van der Waals surface area (Å²) < 4.78 is 58.5. The molecule has 2 aromatic carbocycles. The molecule has 3 N–H and O–H groups in total. The van der Waals surface area contributed by atoms with Gasteiger partial charge in [0.2, 0.25) is 5.82 Å². The van der Waals surface area contributed by atoms with Crippen molar-refractivity contribution in [1.29, 1.82) is 0 Å². The SMILES string of the molecule is CC(Nc1ncnc2c(OCC3(C(=O)O)CCNCC3)cc(-c3ccc(F)cc3)cc12)c1cnc(C(F)(F)F)nc1. The van der Waals surface area contributed by atoms with Gasteiger partial charge in [0, 0.05) is 23.3 Å². The Hall–Kier alpha value is -4.39. The summed E-state index contributed by atoms with van der Waals surface area (Å²) in [4.78, 5) is 27.8. The van der Waals surface area contributed by atoms with Crippen LogP contribution in [0.4, 0.5) is 23.4 Å². The van der Waals surface area contributed by atoms with Crippen LogP contribution in [0.15, 0.2) is 55.1 Å². The van der Waals surface area contributed by atoms with Gasteiger partial charge in [0.05, 0.1) is 6.04 Å². The highest BCUT2D eigenvalue weighted by Crippen LogP contribution is 2.37. The van der Waals surface area contributed by atoms with Crippen LogP contribution in [0.2, 0.25) is 0 Å². The minimum absolute atomic E-state index is 0.0853. The molecule has 0 bridgehead atoms. The van der Waals surface area contributed by atoms with Gasteiger partial charge in [0.15, 0.2) is 0 Å². The number of aliphatic carboxylic acids is 1. The van der Waals surface area contributed by atoms with Crippen molar-refractivity contribution in [3.05, 3.63) is 72.3 Å². The third kappa shape index (κ3) is 6.04. The first-order valence-electron chi connectivity index (χ1n) is 12.8. The van der Waals surface area contributed by atoms with Gasteiger partial charge in [0.25, 0.3) is 0 Å². The first-order chi connectivity index (χ1) is 19.6. The number of hydrogen-bond acceptors (Lipinski definition) is 8. The highest BCUT2D eigenvalue weighted by atomic mass is 19.4. The van der Waals surface area contributed by atoms with Crippen molar-refractivity contribution in [2.75, 3.05) is 25.0 Å². The third-order valence-electron chi connectivity index (χ3n) is 7.18. The number of hydrogen-bond donors (Lipinski definition) is 3. The number of ether oxygens (including phenoxy) is 1. The second kappa shape index (κ2) is 11.2. The van der Waals surface area contributed by atoms with Crippen LogP contribution in [0, 0.1) is 11.2 Å². The summed E-state index contributed by atoms with van der Waals surface area (Å²) in [5.41, 5.74) is 1.04. The Morgan fingerprint density at radius 3 is 2.39 bits per heavy atom. The molecule has 0 radical (unpaired) electrons. The van der Waals surface area contributed by atoms with Gasteiger partial charge in [-0.3, -0.25) is 4.79 Å². The molecule has 0 aliphatic carbocycles. The first-order valence-corrected chi connectivity index (χ1v) is 12.8. The minimum atomic E-state index is -4.65. The Morgan fingerprint density at radius 2 is 1.76 bits per heavy atom. The molecule has 0 amide bonds. The number of aromatic nitrogens is 4. The maximum Gasteiger partial charge on any atom is 0.451 e. The zero-order valence-corrected chi connectivity index (χ0v) is 21.9. The number of rotatable bonds is 8. The molecule has 1 aliphatic rings. The lowest BCUT2D eigenvalue weighted by atomic mass is 9.80. The van der Waals surface area contributed by atoms with E-state index in [1.54, 1.807) is 31.2 Å². The first kappa shape index (κ1) is 28.1. The summed E-state index contributed by atoms with van der Waals surface area (Å²) >= 11 is 0. The monoisotopic (exact) mass is 570 g/mol. The fraction of sp³-hybridized carbons (Fsp3) is 0.321. The van der Waals surface area contributed by atoms with Gasteiger partial charge >= 0.3 is 12.1 Å². The summed E-state index contributed by atoms with van der Waals surface area (Å²) in [7, 11) is 0. The number of carboxylic acids is 1. The lowest BCUT2D eigenvalue weighted by molar-refractivity contribution is -0.152. The molecule has 0 saturated carbocycles. The summed E-state index contributed by atoms with van der Waals surface area (Å²) in [6.07, 6.45) is -0.362. The van der Waals surface area contributed by atoms with E-state index in [-0.39, 0.29) is 6.61 Å². The molecule has 3 heterocycles. The van der Waals surface area contributed by atoms with Gasteiger partial charge in [-0.2, -0.15) is 13.2 Å². The number of nitrogens with one attached hydrogen (secondary N) is 2. The van der Waals surface area contributed by atoms with E-state index >= 15 is 0 Å². The third-order valence-corrected chi connectivity index (χ3v) is 7.18. The lowest BCUT2D eigenvalue weighted by Gasteiger charge is -2.33. The van der Waals surface area contributed by atoms with Gasteiger partial charge in [-0.25, -0.2) is 24.3 Å². The molecule has 1 unspecified atom stereocenters. The molecule has 214 valence electrons. The summed E-state index contributed by atoms with van der Waals surface area (Å²) in [6.45, 7) is 2.73. The fourth-order valence-electron chi connectivity index (χ4n) is 4.71. The van der Waals surface area contributed by atoms with E-state index in [0.29, 0.717) is 65.1 Å². The summed E-state index contributed by atoms with van der Waals surface area (Å²) in [6, 6.07) is 8.81. The van der Waals surface area contributed by atoms with Crippen molar-refractivity contribution in [2.24, 2.45) is 5.41 Å². The van der Waals surface area contributed by atoms with Crippen molar-refractivity contribution >= 4 is 22.7 Å². The number of fused-ring (bicyclic) bond motifs is 1. The minimum Gasteiger partial charge on any atom is -0.490 e. The number of alkyl halides is 3. The highest BCUT2D eigenvalue weighted by molar-refractivity contribution is 5.96. The highest BCUT2D eigenvalue weighted by Gasteiger charge is 2.41. The van der Waals surface area contributed by atoms with Gasteiger partial charge in [-0.05, 0) is 68.2 Å². The smallest absolute Gasteiger partial charge is 0.451 e. The Labute approximate surface area is 232 Å². The number of benzene rings is 2. The van der Waals surface area contributed by atoms with E-state index in [4.69, 9.17) is 4.74 Å². The topological polar surface area (TPSA) is 122 Å². The van der Waals surface area contributed by atoms with Crippen LogP contribution < -0.4 is 15.4 Å². The van der Waals surface area contributed by atoms with Crippen LogP contribution in [-0.2, 0) is 11.0 Å². The van der Waals surface area contributed by atoms with Crippen molar-refractivity contribution < 1.29 is 32.2 Å². The predicted molar refractivity (Wildman–Crippen MR) is 142 cm³/mol. The second-order valence-corrected chi connectivity index (χ2v) is 9.93. The van der Waals surface area contributed by atoms with Gasteiger partial charge in [-0.1, -0.05) is 12.1 Å². The predicted octanol–water partition coefficient (Wildman–Crippen LogP) is 5.25. The molecular weight excluding hydrogens is 544 g/mol. The zero-order chi connectivity index (χ0) is 29.2. The van der Waals surface area contributed by atoms with Gasteiger partial charge < -0.3 is 20.5 Å². The number of piperidine rings is 1. The summed E-state index contributed by atoms with van der Waals surface area (Å²) in [5, 5.41) is 16.9. The fourth-order valence-corrected chi connectivity index (χ4v) is 4.71. The number of carboxylic acid groups (broad SMARTS) is 1. The standard InChI is InChI=1S/C28H26F4N6O3/c1-16(19-12-34-25(35-13-19)28(30,31)32)38-24-21-10-18(17-2-4-20(29)5-3-17)11-22(23(21)36-15-37-24)41-14-27(26(39)40)6-8-33-9-7-27/h2-5,10-13,15-16,33H,6-9,14H2,1H3,(H,39,40)(H,36,37,38). The van der Waals surface area contributed by atoms with Crippen LogP contribution in [0.5, 0.6) is 5.75 Å². The molecule has 9 nitrogen and oxygen atoms in total. The second-order valence-electron chi connectivity index (χ2n) is 9.93. The largest absolute Gasteiger partial charge is 0.490 e. The van der Waals surface area contributed by atoms with Gasteiger partial charge in [-0.15, -0.1) is 0 Å². The zero-order valence-electron chi connectivity index (χ0n) is 21.9. The Kier molecular flexibility index (Phi) is 7.72. The molecule has 4 aromatic rings.